The highest BCUT2D eigenvalue weighted by Gasteiger charge is 2.49. The summed E-state index contributed by atoms with van der Waals surface area (Å²) in [6, 6.07) is 14.9. The van der Waals surface area contributed by atoms with Gasteiger partial charge in [0, 0.05) is 5.56 Å². The molecule has 1 saturated heterocycles. The number of carbonyl (C=O) groups excluding carboxylic acids is 2. The Morgan fingerprint density at radius 1 is 1.10 bits per heavy atom. The fourth-order valence-corrected chi connectivity index (χ4v) is 4.50. The number of amides is 1. The number of Topliss-reactive ketones (excluding diaryl/α,β-unsaturated/α-hetero) is 1. The van der Waals surface area contributed by atoms with E-state index in [4.69, 9.17) is 4.42 Å². The molecule has 1 N–H and O–H groups in total. The number of carbonyl (C=O) groups is 2. The summed E-state index contributed by atoms with van der Waals surface area (Å²) in [5.74, 6) is -2.11. The Kier molecular flexibility index (Phi) is 4.22. The monoisotopic (exact) mass is 420 g/mol. The molecule has 2 aromatic heterocycles. The van der Waals surface area contributed by atoms with Crippen molar-refractivity contribution in [1.29, 1.82) is 0 Å². The minimum atomic E-state index is -0.995. The number of rotatable bonds is 3. The molecule has 30 heavy (non-hydrogen) atoms. The van der Waals surface area contributed by atoms with Crippen LogP contribution < -0.4 is 4.90 Å². The maximum atomic E-state index is 13.6. The van der Waals surface area contributed by atoms with Crippen molar-refractivity contribution in [3.8, 4) is 0 Å². The molecule has 1 unspecified atom stereocenters. The third kappa shape index (κ3) is 2.81. The molecule has 6 nitrogen and oxygen atoms in total. The van der Waals surface area contributed by atoms with E-state index in [1.807, 2.05) is 0 Å². The zero-order valence-electron chi connectivity index (χ0n) is 15.3. The molecule has 0 spiro atoms. The van der Waals surface area contributed by atoms with Crippen molar-refractivity contribution in [2.24, 2.45) is 0 Å². The minimum absolute atomic E-state index is 0.0911. The summed E-state index contributed by atoms with van der Waals surface area (Å²) in [5, 5.41) is 11.1. The predicted octanol–water partition coefficient (Wildman–Crippen LogP) is 4.65. The number of thiazole rings is 1. The van der Waals surface area contributed by atoms with Gasteiger partial charge in [0.25, 0.3) is 5.78 Å². The lowest BCUT2D eigenvalue weighted by molar-refractivity contribution is -0.132. The average molecular weight is 420 g/mol. The van der Waals surface area contributed by atoms with Gasteiger partial charge in [0.15, 0.2) is 5.13 Å². The standard InChI is InChI=1S/C22H13FN2O4S/c23-13-8-9-14-16(11-13)30-22(24-14)25-18(15-7-4-10-29-15)17(20(27)21(25)28)19(26)12-5-2-1-3-6-12/h1-11,18,26H/b19-17+. The first-order valence-electron chi connectivity index (χ1n) is 9.00. The summed E-state index contributed by atoms with van der Waals surface area (Å²) in [5.41, 5.74) is 0.810. The van der Waals surface area contributed by atoms with Crippen molar-refractivity contribution >= 4 is 44.1 Å². The first kappa shape index (κ1) is 18.3. The highest BCUT2D eigenvalue weighted by atomic mass is 32.1. The van der Waals surface area contributed by atoms with Crippen LogP contribution in [0.2, 0.25) is 0 Å². The van der Waals surface area contributed by atoms with Gasteiger partial charge in [-0.15, -0.1) is 0 Å². The van der Waals surface area contributed by atoms with Gasteiger partial charge in [-0.25, -0.2) is 9.37 Å². The second-order valence-electron chi connectivity index (χ2n) is 6.66. The Morgan fingerprint density at radius 3 is 2.63 bits per heavy atom. The lowest BCUT2D eigenvalue weighted by atomic mass is 9.99. The summed E-state index contributed by atoms with van der Waals surface area (Å²) in [6.07, 6.45) is 1.42. The van der Waals surface area contributed by atoms with Crippen LogP contribution in [-0.4, -0.2) is 21.8 Å². The molecule has 1 amide bonds. The van der Waals surface area contributed by atoms with Crippen molar-refractivity contribution < 1.29 is 23.5 Å². The molecular formula is C22H13FN2O4S. The zero-order chi connectivity index (χ0) is 20.8. The van der Waals surface area contributed by atoms with E-state index in [9.17, 15) is 19.1 Å². The van der Waals surface area contributed by atoms with Gasteiger partial charge in [0.05, 0.1) is 22.1 Å². The van der Waals surface area contributed by atoms with Gasteiger partial charge in [-0.05, 0) is 30.3 Å². The van der Waals surface area contributed by atoms with Gasteiger partial charge < -0.3 is 9.52 Å². The number of halogens is 1. The van der Waals surface area contributed by atoms with Crippen LogP contribution in [-0.2, 0) is 9.59 Å². The third-order valence-corrected chi connectivity index (χ3v) is 5.87. The predicted molar refractivity (Wildman–Crippen MR) is 110 cm³/mol. The SMILES string of the molecule is O=C1C(=O)N(c2nc3ccc(F)cc3s2)C(c2ccco2)/C1=C(\O)c1ccccc1. The number of nitrogens with zero attached hydrogens (tertiary/aromatic N) is 2. The van der Waals surface area contributed by atoms with Gasteiger partial charge in [-0.2, -0.15) is 0 Å². The average Bonchev–Trinajstić information content (AvgIpc) is 3.47. The van der Waals surface area contributed by atoms with E-state index in [2.05, 4.69) is 4.98 Å². The van der Waals surface area contributed by atoms with Crippen molar-refractivity contribution in [3.05, 3.63) is 89.6 Å². The van der Waals surface area contributed by atoms with Crippen LogP contribution in [0.5, 0.6) is 0 Å². The highest BCUT2D eigenvalue weighted by Crippen LogP contribution is 2.44. The van der Waals surface area contributed by atoms with Crippen LogP contribution in [0.25, 0.3) is 16.0 Å². The molecule has 0 aliphatic carbocycles. The van der Waals surface area contributed by atoms with Crippen molar-refractivity contribution in [2.45, 2.75) is 6.04 Å². The fraction of sp³-hybridized carbons (Fsp3) is 0.0455. The summed E-state index contributed by atoms with van der Waals surface area (Å²) < 4.78 is 19.6. The number of hydrogen-bond acceptors (Lipinski definition) is 6. The van der Waals surface area contributed by atoms with Crippen LogP contribution >= 0.6 is 11.3 Å². The lowest BCUT2D eigenvalue weighted by Crippen LogP contribution is -2.29. The molecule has 0 saturated carbocycles. The molecule has 1 atom stereocenters. The molecule has 1 aliphatic heterocycles. The number of aliphatic hydroxyl groups excluding tert-OH is 1. The van der Waals surface area contributed by atoms with Gasteiger partial charge >= 0.3 is 5.91 Å². The van der Waals surface area contributed by atoms with E-state index in [1.54, 1.807) is 42.5 Å². The van der Waals surface area contributed by atoms with Gasteiger partial charge in [-0.1, -0.05) is 41.7 Å². The molecule has 0 radical (unpaired) electrons. The first-order chi connectivity index (χ1) is 14.5. The van der Waals surface area contributed by atoms with Crippen LogP contribution in [0, 0.1) is 5.82 Å². The molecule has 1 aliphatic rings. The van der Waals surface area contributed by atoms with Gasteiger partial charge in [-0.3, -0.25) is 14.5 Å². The number of benzene rings is 2. The molecule has 5 rings (SSSR count). The molecule has 148 valence electrons. The second-order valence-corrected chi connectivity index (χ2v) is 7.67. The van der Waals surface area contributed by atoms with E-state index in [1.165, 1.54) is 29.4 Å². The Morgan fingerprint density at radius 2 is 1.90 bits per heavy atom. The quantitative estimate of drug-likeness (QED) is 0.296. The Hall–Kier alpha value is -3.78. The summed E-state index contributed by atoms with van der Waals surface area (Å²) in [6.45, 7) is 0. The molecule has 0 bridgehead atoms. The first-order valence-corrected chi connectivity index (χ1v) is 9.82. The van der Waals surface area contributed by atoms with Gasteiger partial charge in [0.1, 0.15) is 23.4 Å². The summed E-state index contributed by atoms with van der Waals surface area (Å²) in [7, 11) is 0. The number of ketones is 1. The second kappa shape index (κ2) is 6.93. The molecular weight excluding hydrogens is 407 g/mol. The number of hydrogen-bond donors (Lipinski definition) is 1. The van der Waals surface area contributed by atoms with Crippen molar-refractivity contribution in [1.82, 2.24) is 4.98 Å². The summed E-state index contributed by atoms with van der Waals surface area (Å²) >= 11 is 1.08. The van der Waals surface area contributed by atoms with Crippen molar-refractivity contribution in [2.75, 3.05) is 4.90 Å². The Bertz CT molecular complexity index is 1310. The minimum Gasteiger partial charge on any atom is -0.507 e. The third-order valence-electron chi connectivity index (χ3n) is 4.85. The maximum Gasteiger partial charge on any atom is 0.302 e. The van der Waals surface area contributed by atoms with Crippen LogP contribution in [0.4, 0.5) is 9.52 Å². The Labute approximate surface area is 173 Å². The summed E-state index contributed by atoms with van der Waals surface area (Å²) in [4.78, 5) is 31.5. The molecule has 1 fully saturated rings. The van der Waals surface area contributed by atoms with Crippen LogP contribution in [0.1, 0.15) is 17.4 Å². The maximum absolute atomic E-state index is 13.6. The number of anilines is 1. The Balaban J connectivity index is 1.72. The van der Waals surface area contributed by atoms with Crippen LogP contribution in [0.3, 0.4) is 0 Å². The van der Waals surface area contributed by atoms with E-state index in [0.29, 0.717) is 21.5 Å². The lowest BCUT2D eigenvalue weighted by Gasteiger charge is -2.20. The van der Waals surface area contributed by atoms with Crippen molar-refractivity contribution in [3.63, 3.8) is 0 Å². The molecule has 4 aromatic rings. The smallest absolute Gasteiger partial charge is 0.302 e. The number of aliphatic hydroxyl groups is 1. The number of fused-ring (bicyclic) bond motifs is 1. The van der Waals surface area contributed by atoms with E-state index < -0.39 is 23.5 Å². The molecule has 3 heterocycles. The fourth-order valence-electron chi connectivity index (χ4n) is 3.49. The van der Waals surface area contributed by atoms with E-state index >= 15 is 0 Å². The molecule has 8 heteroatoms. The number of aromatic nitrogens is 1. The zero-order valence-corrected chi connectivity index (χ0v) is 16.1. The molecule has 2 aromatic carbocycles. The highest BCUT2D eigenvalue weighted by molar-refractivity contribution is 7.22. The van der Waals surface area contributed by atoms with E-state index in [0.717, 1.165) is 11.3 Å². The van der Waals surface area contributed by atoms with Crippen LogP contribution in [0.15, 0.2) is 76.9 Å². The number of furan rings is 1. The normalized spacial score (nSPS) is 18.4. The largest absolute Gasteiger partial charge is 0.507 e. The topological polar surface area (TPSA) is 83.6 Å². The van der Waals surface area contributed by atoms with Gasteiger partial charge in [0.2, 0.25) is 0 Å². The van der Waals surface area contributed by atoms with E-state index in [-0.39, 0.29) is 16.5 Å².